The molecule has 13 heavy (non-hydrogen) atoms. The Morgan fingerprint density at radius 2 is 1.92 bits per heavy atom. The van der Waals surface area contributed by atoms with Crippen molar-refractivity contribution in [1.29, 1.82) is 0 Å². The molecule has 70 valence electrons. The highest BCUT2D eigenvalue weighted by atomic mass is 35.5. The molecule has 3 nitrogen and oxygen atoms in total. The molecule has 1 aromatic rings. The van der Waals surface area contributed by atoms with Gasteiger partial charge in [0.05, 0.1) is 16.9 Å². The van der Waals surface area contributed by atoms with Crippen LogP contribution < -0.4 is 0 Å². The van der Waals surface area contributed by atoms with Crippen LogP contribution in [0.2, 0.25) is 0 Å². The van der Waals surface area contributed by atoms with Gasteiger partial charge >= 0.3 is 0 Å². The molecule has 0 aromatic heterocycles. The van der Waals surface area contributed by atoms with Crippen molar-refractivity contribution in [2.75, 3.05) is 0 Å². The molecule has 1 aromatic carbocycles. The molecule has 0 amide bonds. The van der Waals surface area contributed by atoms with E-state index in [1.807, 2.05) is 0 Å². The fraction of sp³-hybridized carbons (Fsp3) is 0.143. The summed E-state index contributed by atoms with van der Waals surface area (Å²) in [6.07, 6.45) is 0. The van der Waals surface area contributed by atoms with Gasteiger partial charge in [-0.25, -0.2) is 8.78 Å². The molecule has 0 unspecified atom stereocenters. The second-order valence-electron chi connectivity index (χ2n) is 2.29. The summed E-state index contributed by atoms with van der Waals surface area (Å²) < 4.78 is 25.1. The van der Waals surface area contributed by atoms with Crippen molar-refractivity contribution in [3.63, 3.8) is 0 Å². The Morgan fingerprint density at radius 3 is 2.38 bits per heavy atom. The highest BCUT2D eigenvalue weighted by Crippen LogP contribution is 2.23. The molecule has 0 bridgehead atoms. The van der Waals surface area contributed by atoms with E-state index < -0.39 is 22.2 Å². The van der Waals surface area contributed by atoms with E-state index >= 15 is 0 Å². The van der Waals surface area contributed by atoms with E-state index in [1.165, 1.54) is 0 Å². The molecular weight excluding hydrogens is 204 g/mol. The zero-order chi connectivity index (χ0) is 10.0. The quantitative estimate of drug-likeness (QED) is 0.425. The lowest BCUT2D eigenvalue weighted by Gasteiger charge is -1.99. The van der Waals surface area contributed by atoms with E-state index in [4.69, 9.17) is 11.6 Å². The van der Waals surface area contributed by atoms with Crippen LogP contribution in [0.25, 0.3) is 0 Å². The second kappa shape index (κ2) is 3.66. The topological polar surface area (TPSA) is 43.1 Å². The molecule has 0 atom stereocenters. The number of nitro groups is 1. The lowest BCUT2D eigenvalue weighted by Crippen LogP contribution is -1.97. The van der Waals surface area contributed by atoms with E-state index in [1.54, 1.807) is 0 Å². The molecule has 0 aliphatic rings. The standard InChI is InChI=1S/C7H4ClF2NO2/c8-3-4-1-5(9)6(10)2-7(4)11(12)13/h1-2H,3H2. The van der Waals surface area contributed by atoms with E-state index in [2.05, 4.69) is 0 Å². The molecule has 0 heterocycles. The van der Waals surface area contributed by atoms with Crippen LogP contribution in [0.5, 0.6) is 0 Å². The van der Waals surface area contributed by atoms with Crippen molar-refractivity contribution >= 4 is 17.3 Å². The molecule has 0 saturated heterocycles. The minimum atomic E-state index is -1.25. The molecule has 0 aliphatic carbocycles. The maximum atomic E-state index is 12.6. The summed E-state index contributed by atoms with van der Waals surface area (Å²) in [5.74, 6) is -2.62. The van der Waals surface area contributed by atoms with Gasteiger partial charge in [0.2, 0.25) is 0 Å². The SMILES string of the molecule is O=[N+]([O-])c1cc(F)c(F)cc1CCl. The summed E-state index contributed by atoms with van der Waals surface area (Å²) in [6, 6.07) is 1.24. The zero-order valence-corrected chi connectivity index (χ0v) is 7.02. The van der Waals surface area contributed by atoms with Crippen molar-refractivity contribution in [2.45, 2.75) is 5.88 Å². The Labute approximate surface area is 77.1 Å². The van der Waals surface area contributed by atoms with Crippen LogP contribution >= 0.6 is 11.6 Å². The third-order valence-corrected chi connectivity index (χ3v) is 1.75. The van der Waals surface area contributed by atoms with E-state index in [0.29, 0.717) is 6.07 Å². The first-order valence-corrected chi connectivity index (χ1v) is 3.78. The number of hydrogen-bond acceptors (Lipinski definition) is 2. The Kier molecular flexibility index (Phi) is 2.77. The van der Waals surface area contributed by atoms with E-state index in [9.17, 15) is 18.9 Å². The molecule has 0 saturated carbocycles. The van der Waals surface area contributed by atoms with Gasteiger partial charge in [-0.05, 0) is 6.07 Å². The van der Waals surface area contributed by atoms with E-state index in [0.717, 1.165) is 6.07 Å². The average molecular weight is 208 g/mol. The number of hydrogen-bond donors (Lipinski definition) is 0. The third kappa shape index (κ3) is 1.92. The van der Waals surface area contributed by atoms with Crippen molar-refractivity contribution < 1.29 is 13.7 Å². The van der Waals surface area contributed by atoms with Crippen LogP contribution in [0.3, 0.4) is 0 Å². The molecule has 0 aliphatic heterocycles. The molecule has 0 radical (unpaired) electrons. The average Bonchev–Trinajstić information content (AvgIpc) is 2.08. The summed E-state index contributed by atoms with van der Waals surface area (Å²) in [4.78, 5) is 9.50. The van der Waals surface area contributed by atoms with Crippen LogP contribution in [-0.4, -0.2) is 4.92 Å². The van der Waals surface area contributed by atoms with Crippen LogP contribution in [0, 0.1) is 21.7 Å². The first kappa shape index (κ1) is 9.85. The predicted octanol–water partition coefficient (Wildman–Crippen LogP) is 2.61. The summed E-state index contributed by atoms with van der Waals surface area (Å²) >= 11 is 5.31. The molecular formula is C7H4ClF2NO2. The Bertz CT molecular complexity index is 357. The summed E-state index contributed by atoms with van der Waals surface area (Å²) in [5.41, 5.74) is -0.542. The van der Waals surface area contributed by atoms with Crippen LogP contribution in [-0.2, 0) is 5.88 Å². The monoisotopic (exact) mass is 207 g/mol. The number of rotatable bonds is 2. The van der Waals surface area contributed by atoms with Crippen molar-refractivity contribution in [3.8, 4) is 0 Å². The zero-order valence-electron chi connectivity index (χ0n) is 6.26. The summed E-state index contributed by atoms with van der Waals surface area (Å²) in [6.45, 7) is 0. The fourth-order valence-corrected chi connectivity index (χ4v) is 1.07. The van der Waals surface area contributed by atoms with Gasteiger partial charge in [0.15, 0.2) is 11.6 Å². The largest absolute Gasteiger partial charge is 0.276 e. The van der Waals surface area contributed by atoms with Crippen molar-refractivity contribution in [1.82, 2.24) is 0 Å². The van der Waals surface area contributed by atoms with Crippen LogP contribution in [0.15, 0.2) is 12.1 Å². The third-order valence-electron chi connectivity index (χ3n) is 1.46. The fourth-order valence-electron chi connectivity index (χ4n) is 0.855. The maximum Gasteiger partial charge on any atom is 0.276 e. The number of halogens is 3. The van der Waals surface area contributed by atoms with Gasteiger partial charge in [-0.15, -0.1) is 11.6 Å². The Hall–Kier alpha value is -1.23. The lowest BCUT2D eigenvalue weighted by molar-refractivity contribution is -0.385. The molecule has 1 rings (SSSR count). The van der Waals surface area contributed by atoms with Crippen molar-refractivity contribution in [2.24, 2.45) is 0 Å². The van der Waals surface area contributed by atoms with Crippen LogP contribution in [0.1, 0.15) is 5.56 Å². The first-order chi connectivity index (χ1) is 6.06. The second-order valence-corrected chi connectivity index (χ2v) is 2.55. The Balaban J connectivity index is 3.33. The highest BCUT2D eigenvalue weighted by Gasteiger charge is 2.17. The first-order valence-electron chi connectivity index (χ1n) is 3.24. The lowest BCUT2D eigenvalue weighted by atomic mass is 10.2. The van der Waals surface area contributed by atoms with Gasteiger partial charge < -0.3 is 0 Å². The van der Waals surface area contributed by atoms with Crippen molar-refractivity contribution in [3.05, 3.63) is 39.4 Å². The van der Waals surface area contributed by atoms with Gasteiger partial charge in [-0.1, -0.05) is 0 Å². The van der Waals surface area contributed by atoms with Gasteiger partial charge in [0, 0.05) is 5.56 Å². The normalized spacial score (nSPS) is 10.1. The van der Waals surface area contributed by atoms with Gasteiger partial charge in [0.1, 0.15) is 0 Å². The van der Waals surface area contributed by atoms with Gasteiger partial charge in [0.25, 0.3) is 5.69 Å². The minimum absolute atomic E-state index is 0.0365. The number of alkyl halides is 1. The number of nitrogens with zero attached hydrogens (tertiary/aromatic N) is 1. The Morgan fingerprint density at radius 1 is 1.38 bits per heavy atom. The molecule has 6 heteroatoms. The van der Waals surface area contributed by atoms with Crippen LogP contribution in [0.4, 0.5) is 14.5 Å². The molecule has 0 N–H and O–H groups in total. The number of benzene rings is 1. The summed E-state index contributed by atoms with van der Waals surface area (Å²) in [7, 11) is 0. The summed E-state index contributed by atoms with van der Waals surface area (Å²) in [5, 5.41) is 10.3. The smallest absolute Gasteiger partial charge is 0.258 e. The minimum Gasteiger partial charge on any atom is -0.258 e. The predicted molar refractivity (Wildman–Crippen MR) is 42.6 cm³/mol. The van der Waals surface area contributed by atoms with Gasteiger partial charge in [-0.2, -0.15) is 0 Å². The number of nitro benzene ring substituents is 1. The van der Waals surface area contributed by atoms with E-state index in [-0.39, 0.29) is 11.4 Å². The molecule has 0 spiro atoms. The highest BCUT2D eigenvalue weighted by molar-refractivity contribution is 6.17. The molecule has 0 fully saturated rings. The van der Waals surface area contributed by atoms with Gasteiger partial charge in [-0.3, -0.25) is 10.1 Å². The maximum absolute atomic E-state index is 12.6.